The average Bonchev–Trinajstić information content (AvgIpc) is 3.17. The molecule has 0 saturated heterocycles. The van der Waals surface area contributed by atoms with Crippen LogP contribution in [-0.4, -0.2) is 20.9 Å². The number of benzene rings is 2. The molecule has 0 spiro atoms. The van der Waals surface area contributed by atoms with Gasteiger partial charge in [-0.3, -0.25) is 9.78 Å². The zero-order chi connectivity index (χ0) is 22.2. The number of aromatic amines is 1. The van der Waals surface area contributed by atoms with Crippen molar-refractivity contribution in [3.8, 4) is 0 Å². The lowest BCUT2D eigenvalue weighted by Crippen LogP contribution is -2.16. The minimum Gasteiger partial charge on any atom is -0.397 e. The summed E-state index contributed by atoms with van der Waals surface area (Å²) in [6.45, 7) is 3.96. The summed E-state index contributed by atoms with van der Waals surface area (Å²) in [6.07, 6.45) is 2.13. The smallest absolute Gasteiger partial charge is 0.274 e. The summed E-state index contributed by atoms with van der Waals surface area (Å²) in [5.41, 5.74) is 13.3. The largest absolute Gasteiger partial charge is 0.397 e. The fourth-order valence-electron chi connectivity index (χ4n) is 4.10. The van der Waals surface area contributed by atoms with E-state index in [4.69, 9.17) is 10.7 Å². The van der Waals surface area contributed by atoms with Gasteiger partial charge in [-0.1, -0.05) is 36.4 Å². The molecule has 0 radical (unpaired) electrons. The van der Waals surface area contributed by atoms with Gasteiger partial charge >= 0.3 is 0 Å². The van der Waals surface area contributed by atoms with Crippen LogP contribution in [0.25, 0.3) is 21.8 Å². The van der Waals surface area contributed by atoms with E-state index in [0.717, 1.165) is 50.0 Å². The third kappa shape index (κ3) is 3.46. The predicted octanol–water partition coefficient (Wildman–Crippen LogP) is 5.15. The minimum absolute atomic E-state index is 0.246. The van der Waals surface area contributed by atoms with E-state index < -0.39 is 0 Å². The van der Waals surface area contributed by atoms with Crippen LogP contribution in [0, 0.1) is 13.8 Å². The molecule has 3 heterocycles. The molecule has 4 N–H and O–H groups in total. The molecule has 0 atom stereocenters. The highest BCUT2D eigenvalue weighted by Crippen LogP contribution is 2.30. The normalized spacial score (nSPS) is 11.2. The average molecular weight is 422 g/mol. The van der Waals surface area contributed by atoms with Crippen LogP contribution in [0.1, 0.15) is 33.0 Å². The Kier molecular flexibility index (Phi) is 4.82. The Bertz CT molecular complexity index is 1460. The summed E-state index contributed by atoms with van der Waals surface area (Å²) >= 11 is 0. The van der Waals surface area contributed by atoms with Gasteiger partial charge in [0, 0.05) is 34.6 Å². The first-order chi connectivity index (χ1) is 15.5. The maximum Gasteiger partial charge on any atom is 0.274 e. The summed E-state index contributed by atoms with van der Waals surface area (Å²) in [5, 5.41) is 5.04. The lowest BCUT2D eigenvalue weighted by Gasteiger charge is -2.12. The molecule has 32 heavy (non-hydrogen) atoms. The number of nitrogen functional groups attached to an aromatic ring is 1. The monoisotopic (exact) mass is 421 g/mol. The van der Waals surface area contributed by atoms with Crippen molar-refractivity contribution in [3.63, 3.8) is 0 Å². The molecule has 5 rings (SSSR count). The van der Waals surface area contributed by atoms with Crippen molar-refractivity contribution in [1.82, 2.24) is 15.0 Å². The molecule has 6 heteroatoms. The number of carbonyl (C=O) groups is 1. The predicted molar refractivity (Wildman–Crippen MR) is 129 cm³/mol. The standard InChI is InChI=1S/C26H23N5O/c1-15-7-5-8-16(2)24(15)31-26(32)23-13-18-17-9-3-4-11-20(17)30-25(18)22(29-23)14-21-19(27)10-6-12-28-21/h3-13,30H,14,27H2,1-2H3,(H,31,32). The third-order valence-electron chi connectivity index (χ3n) is 5.78. The van der Waals surface area contributed by atoms with Gasteiger partial charge in [0.2, 0.25) is 0 Å². The molecule has 0 aliphatic carbocycles. The molecule has 158 valence electrons. The number of H-pyrrole nitrogens is 1. The van der Waals surface area contributed by atoms with Gasteiger partial charge < -0.3 is 16.0 Å². The number of amides is 1. The van der Waals surface area contributed by atoms with Gasteiger partial charge in [0.25, 0.3) is 5.91 Å². The highest BCUT2D eigenvalue weighted by Gasteiger charge is 2.18. The van der Waals surface area contributed by atoms with Crippen LogP contribution in [0.3, 0.4) is 0 Å². The van der Waals surface area contributed by atoms with Crippen LogP contribution in [0.15, 0.2) is 66.9 Å². The van der Waals surface area contributed by atoms with Gasteiger partial charge in [0.15, 0.2) is 0 Å². The van der Waals surface area contributed by atoms with Crippen LogP contribution < -0.4 is 11.1 Å². The Labute approximate surface area is 185 Å². The van der Waals surface area contributed by atoms with Gasteiger partial charge in [0.1, 0.15) is 5.69 Å². The fourth-order valence-corrected chi connectivity index (χ4v) is 4.10. The van der Waals surface area contributed by atoms with E-state index in [2.05, 4.69) is 15.3 Å². The first-order valence-corrected chi connectivity index (χ1v) is 10.5. The molecule has 5 aromatic rings. The van der Waals surface area contributed by atoms with Crippen molar-refractivity contribution in [2.45, 2.75) is 20.3 Å². The molecular formula is C26H23N5O. The third-order valence-corrected chi connectivity index (χ3v) is 5.78. The van der Waals surface area contributed by atoms with Crippen LogP contribution in [0.2, 0.25) is 0 Å². The Morgan fingerprint density at radius 3 is 2.53 bits per heavy atom. The van der Waals surface area contributed by atoms with E-state index in [-0.39, 0.29) is 5.91 Å². The second kappa shape index (κ2) is 7.81. The fraction of sp³-hybridized carbons (Fsp3) is 0.115. The van der Waals surface area contributed by atoms with Gasteiger partial charge in [0.05, 0.1) is 22.6 Å². The maximum absolute atomic E-state index is 13.3. The second-order valence-electron chi connectivity index (χ2n) is 7.98. The number of nitrogens with one attached hydrogen (secondary N) is 2. The summed E-state index contributed by atoms with van der Waals surface area (Å²) in [4.78, 5) is 25.9. The number of nitrogens with zero attached hydrogens (tertiary/aromatic N) is 2. The number of aryl methyl sites for hydroxylation is 2. The highest BCUT2D eigenvalue weighted by molar-refractivity contribution is 6.12. The number of hydrogen-bond acceptors (Lipinski definition) is 4. The zero-order valence-electron chi connectivity index (χ0n) is 17.9. The first kappa shape index (κ1) is 19.8. The van der Waals surface area contributed by atoms with Gasteiger partial charge in [-0.15, -0.1) is 0 Å². The van der Waals surface area contributed by atoms with Crippen molar-refractivity contribution in [3.05, 3.63) is 95.1 Å². The molecule has 0 unspecified atom stereocenters. The number of rotatable bonds is 4. The van der Waals surface area contributed by atoms with E-state index in [1.165, 1.54) is 0 Å². The van der Waals surface area contributed by atoms with E-state index in [1.807, 2.05) is 68.4 Å². The van der Waals surface area contributed by atoms with E-state index in [0.29, 0.717) is 17.8 Å². The SMILES string of the molecule is Cc1cccc(C)c1NC(=O)c1cc2c([nH]c3ccccc32)c(Cc2ncccc2N)n1. The van der Waals surface area contributed by atoms with Crippen LogP contribution in [0.4, 0.5) is 11.4 Å². The summed E-state index contributed by atoms with van der Waals surface area (Å²) in [7, 11) is 0. The quantitative estimate of drug-likeness (QED) is 0.374. The van der Waals surface area contributed by atoms with Gasteiger partial charge in [-0.25, -0.2) is 4.98 Å². The lowest BCUT2D eigenvalue weighted by atomic mass is 10.1. The van der Waals surface area contributed by atoms with Crippen molar-refractivity contribution < 1.29 is 4.79 Å². The topological polar surface area (TPSA) is 96.7 Å². The molecule has 0 bridgehead atoms. The van der Waals surface area contributed by atoms with Crippen molar-refractivity contribution in [2.75, 3.05) is 11.1 Å². The number of aromatic nitrogens is 3. The van der Waals surface area contributed by atoms with Crippen molar-refractivity contribution in [2.24, 2.45) is 0 Å². The molecule has 0 saturated carbocycles. The number of anilines is 2. The van der Waals surface area contributed by atoms with E-state index in [9.17, 15) is 4.79 Å². The number of para-hydroxylation sites is 2. The Morgan fingerprint density at radius 2 is 1.75 bits per heavy atom. The Morgan fingerprint density at radius 1 is 0.969 bits per heavy atom. The zero-order valence-corrected chi connectivity index (χ0v) is 17.9. The van der Waals surface area contributed by atoms with E-state index >= 15 is 0 Å². The van der Waals surface area contributed by atoms with E-state index in [1.54, 1.807) is 12.3 Å². The molecular weight excluding hydrogens is 398 g/mol. The minimum atomic E-state index is -0.246. The molecule has 2 aromatic carbocycles. The van der Waals surface area contributed by atoms with Crippen molar-refractivity contribution >= 4 is 39.1 Å². The Balaban J connectivity index is 1.65. The molecule has 1 amide bonds. The Hall–Kier alpha value is -4.19. The second-order valence-corrected chi connectivity index (χ2v) is 7.98. The van der Waals surface area contributed by atoms with Crippen LogP contribution >= 0.6 is 0 Å². The first-order valence-electron chi connectivity index (χ1n) is 10.5. The van der Waals surface area contributed by atoms with Gasteiger partial charge in [-0.2, -0.15) is 0 Å². The summed E-state index contributed by atoms with van der Waals surface area (Å²) in [5.74, 6) is -0.246. The highest BCUT2D eigenvalue weighted by atomic mass is 16.1. The summed E-state index contributed by atoms with van der Waals surface area (Å²) in [6, 6.07) is 19.4. The molecule has 6 nitrogen and oxygen atoms in total. The number of nitrogens with two attached hydrogens (primary N) is 1. The number of fused-ring (bicyclic) bond motifs is 3. The number of carbonyl (C=O) groups excluding carboxylic acids is 1. The molecule has 0 aliphatic rings. The van der Waals surface area contributed by atoms with Crippen LogP contribution in [-0.2, 0) is 6.42 Å². The lowest BCUT2D eigenvalue weighted by molar-refractivity contribution is 0.102. The van der Waals surface area contributed by atoms with Gasteiger partial charge in [-0.05, 0) is 49.2 Å². The summed E-state index contributed by atoms with van der Waals surface area (Å²) < 4.78 is 0. The number of hydrogen-bond donors (Lipinski definition) is 3. The van der Waals surface area contributed by atoms with Crippen LogP contribution in [0.5, 0.6) is 0 Å². The molecule has 0 fully saturated rings. The maximum atomic E-state index is 13.3. The van der Waals surface area contributed by atoms with Crippen molar-refractivity contribution in [1.29, 1.82) is 0 Å². The number of pyridine rings is 2. The molecule has 3 aromatic heterocycles. The molecule has 0 aliphatic heterocycles.